The number of nitrogens with one attached hydrogen (secondary N) is 1. The Morgan fingerprint density at radius 1 is 1.38 bits per heavy atom. The molecule has 1 aliphatic rings. The fraction of sp³-hybridized carbons (Fsp3) is 0.818. The highest BCUT2D eigenvalue weighted by Crippen LogP contribution is 2.20. The molecule has 0 saturated heterocycles. The Balaban J connectivity index is 2.56. The fourth-order valence-corrected chi connectivity index (χ4v) is 1.85. The molecule has 5 heteroatoms. The quantitative estimate of drug-likeness (QED) is 0.293. The average molecular weight is 227 g/mol. The van der Waals surface area contributed by atoms with E-state index in [1.807, 2.05) is 0 Å². The van der Waals surface area contributed by atoms with Crippen LogP contribution in [0, 0.1) is 5.41 Å². The van der Waals surface area contributed by atoms with Crippen molar-refractivity contribution in [3.63, 3.8) is 0 Å². The van der Waals surface area contributed by atoms with Crippen LogP contribution in [0.3, 0.4) is 0 Å². The van der Waals surface area contributed by atoms with Crippen LogP contribution in [0.25, 0.3) is 0 Å². The van der Waals surface area contributed by atoms with Gasteiger partial charge in [-0.05, 0) is 26.7 Å². The maximum atomic E-state index is 12.0. The van der Waals surface area contributed by atoms with E-state index >= 15 is 0 Å². The normalized spacial score (nSPS) is 19.5. The van der Waals surface area contributed by atoms with Gasteiger partial charge >= 0.3 is 0 Å². The van der Waals surface area contributed by atoms with Gasteiger partial charge in [-0.15, -0.1) is 0 Å². The largest absolute Gasteiger partial charge is 0.409 e. The van der Waals surface area contributed by atoms with E-state index in [-0.39, 0.29) is 17.8 Å². The molecule has 0 heterocycles. The lowest BCUT2D eigenvalue weighted by molar-refractivity contribution is -0.127. The fourth-order valence-electron chi connectivity index (χ4n) is 1.85. The maximum absolute atomic E-state index is 12.0. The molecule has 0 aromatic heterocycles. The van der Waals surface area contributed by atoms with Gasteiger partial charge in [0.1, 0.15) is 5.41 Å². The lowest BCUT2D eigenvalue weighted by Gasteiger charge is -2.28. The van der Waals surface area contributed by atoms with Crippen molar-refractivity contribution in [3.05, 3.63) is 0 Å². The number of hydrogen-bond acceptors (Lipinski definition) is 3. The first-order valence-corrected chi connectivity index (χ1v) is 5.77. The van der Waals surface area contributed by atoms with Crippen molar-refractivity contribution < 1.29 is 10.0 Å². The first kappa shape index (κ1) is 12.8. The molecule has 92 valence electrons. The van der Waals surface area contributed by atoms with Crippen LogP contribution < -0.4 is 11.1 Å². The summed E-state index contributed by atoms with van der Waals surface area (Å²) in [5, 5.41) is 14.5. The molecule has 0 spiro atoms. The van der Waals surface area contributed by atoms with Crippen molar-refractivity contribution in [2.45, 2.75) is 52.0 Å². The van der Waals surface area contributed by atoms with Gasteiger partial charge in [-0.2, -0.15) is 0 Å². The van der Waals surface area contributed by atoms with Crippen molar-refractivity contribution in [3.8, 4) is 0 Å². The highest BCUT2D eigenvalue weighted by Gasteiger charge is 2.34. The van der Waals surface area contributed by atoms with Crippen LogP contribution in [0.15, 0.2) is 5.16 Å². The number of carbonyl (C=O) groups is 1. The highest BCUT2D eigenvalue weighted by atomic mass is 16.4. The van der Waals surface area contributed by atoms with Gasteiger partial charge in [-0.3, -0.25) is 4.79 Å². The number of carbonyl (C=O) groups excluding carboxylic acids is 1. The Morgan fingerprint density at radius 2 is 1.94 bits per heavy atom. The maximum Gasteiger partial charge on any atom is 0.233 e. The van der Waals surface area contributed by atoms with Crippen LogP contribution in [0.5, 0.6) is 0 Å². The van der Waals surface area contributed by atoms with Gasteiger partial charge in [0, 0.05) is 6.04 Å². The molecule has 1 aliphatic carbocycles. The molecule has 0 bridgehead atoms. The van der Waals surface area contributed by atoms with E-state index in [2.05, 4.69) is 10.5 Å². The molecule has 0 aromatic rings. The van der Waals surface area contributed by atoms with Gasteiger partial charge in [-0.25, -0.2) is 0 Å². The van der Waals surface area contributed by atoms with Crippen molar-refractivity contribution in [2.24, 2.45) is 16.3 Å². The van der Waals surface area contributed by atoms with Gasteiger partial charge in [0.05, 0.1) is 0 Å². The Morgan fingerprint density at radius 3 is 2.44 bits per heavy atom. The smallest absolute Gasteiger partial charge is 0.233 e. The molecule has 0 unspecified atom stereocenters. The van der Waals surface area contributed by atoms with E-state index in [1.54, 1.807) is 13.8 Å². The van der Waals surface area contributed by atoms with E-state index in [1.165, 1.54) is 6.42 Å². The summed E-state index contributed by atoms with van der Waals surface area (Å²) in [4.78, 5) is 12.0. The predicted molar refractivity (Wildman–Crippen MR) is 62.2 cm³/mol. The lowest BCUT2D eigenvalue weighted by atomic mass is 9.89. The molecule has 0 aromatic carbocycles. The van der Waals surface area contributed by atoms with E-state index in [4.69, 9.17) is 10.9 Å². The van der Waals surface area contributed by atoms with E-state index in [0.29, 0.717) is 0 Å². The van der Waals surface area contributed by atoms with Crippen molar-refractivity contribution in [2.75, 3.05) is 0 Å². The van der Waals surface area contributed by atoms with Gasteiger partial charge < -0.3 is 16.3 Å². The lowest BCUT2D eigenvalue weighted by Crippen LogP contribution is -2.49. The average Bonchev–Trinajstić information content (AvgIpc) is 2.29. The second-order valence-electron chi connectivity index (χ2n) is 4.92. The predicted octanol–water partition coefficient (Wildman–Crippen LogP) is 1.21. The van der Waals surface area contributed by atoms with Crippen molar-refractivity contribution in [1.82, 2.24) is 5.32 Å². The van der Waals surface area contributed by atoms with Crippen molar-refractivity contribution in [1.29, 1.82) is 0 Å². The Hall–Kier alpha value is -1.26. The van der Waals surface area contributed by atoms with Gasteiger partial charge in [0.25, 0.3) is 0 Å². The molecule has 0 radical (unpaired) electrons. The zero-order valence-corrected chi connectivity index (χ0v) is 9.99. The highest BCUT2D eigenvalue weighted by molar-refractivity contribution is 6.05. The molecule has 1 saturated carbocycles. The third kappa shape index (κ3) is 2.87. The Kier molecular flexibility index (Phi) is 4.15. The van der Waals surface area contributed by atoms with Crippen LogP contribution in [0.4, 0.5) is 0 Å². The molecule has 1 rings (SSSR count). The number of hydrogen-bond donors (Lipinski definition) is 3. The summed E-state index contributed by atoms with van der Waals surface area (Å²) in [6.07, 6.45) is 5.62. The molecule has 1 amide bonds. The third-order valence-electron chi connectivity index (χ3n) is 3.26. The summed E-state index contributed by atoms with van der Waals surface area (Å²) in [7, 11) is 0. The van der Waals surface area contributed by atoms with Crippen LogP contribution >= 0.6 is 0 Å². The second kappa shape index (κ2) is 5.18. The molecule has 0 aliphatic heterocycles. The van der Waals surface area contributed by atoms with E-state index < -0.39 is 5.41 Å². The number of amidine groups is 1. The summed E-state index contributed by atoms with van der Waals surface area (Å²) in [5.74, 6) is -0.226. The molecule has 1 fully saturated rings. The second-order valence-corrected chi connectivity index (χ2v) is 4.92. The Bertz CT molecular complexity index is 281. The summed E-state index contributed by atoms with van der Waals surface area (Å²) in [6, 6.07) is 0.243. The third-order valence-corrected chi connectivity index (χ3v) is 3.26. The molecule has 5 nitrogen and oxygen atoms in total. The Labute approximate surface area is 96.1 Å². The zero-order chi connectivity index (χ0) is 12.2. The van der Waals surface area contributed by atoms with Crippen LogP contribution in [-0.4, -0.2) is 23.0 Å². The first-order valence-electron chi connectivity index (χ1n) is 5.77. The number of nitrogens with two attached hydrogens (primary N) is 1. The zero-order valence-electron chi connectivity index (χ0n) is 9.99. The van der Waals surface area contributed by atoms with Gasteiger partial charge in [-0.1, -0.05) is 24.4 Å². The molecule has 4 N–H and O–H groups in total. The van der Waals surface area contributed by atoms with Gasteiger partial charge in [0.15, 0.2) is 5.84 Å². The molecule has 0 atom stereocenters. The summed E-state index contributed by atoms with van der Waals surface area (Å²) in [6.45, 7) is 3.31. The minimum Gasteiger partial charge on any atom is -0.409 e. The molecular formula is C11H21N3O2. The van der Waals surface area contributed by atoms with Crippen LogP contribution in [0.1, 0.15) is 46.0 Å². The minimum atomic E-state index is -0.952. The standard InChI is InChI=1S/C11H21N3O2/c1-11(2,9(12)14-16)10(15)13-8-6-4-3-5-7-8/h8,16H,3-7H2,1-2H3,(H2,12,14)(H,13,15). The van der Waals surface area contributed by atoms with Crippen LogP contribution in [-0.2, 0) is 4.79 Å². The number of oxime groups is 1. The van der Waals surface area contributed by atoms with Crippen molar-refractivity contribution >= 4 is 11.7 Å². The number of rotatable bonds is 3. The first-order chi connectivity index (χ1) is 7.48. The SMILES string of the molecule is CC(C)(C(=O)NC1CCCCC1)C(N)=NO. The van der Waals surface area contributed by atoms with Gasteiger partial charge in [0.2, 0.25) is 5.91 Å². The topological polar surface area (TPSA) is 87.7 Å². The van der Waals surface area contributed by atoms with E-state index in [9.17, 15) is 4.79 Å². The number of nitrogens with zero attached hydrogens (tertiary/aromatic N) is 1. The summed E-state index contributed by atoms with van der Waals surface area (Å²) in [5.41, 5.74) is 4.54. The van der Waals surface area contributed by atoms with Crippen LogP contribution in [0.2, 0.25) is 0 Å². The molecule has 16 heavy (non-hydrogen) atoms. The van der Waals surface area contributed by atoms with E-state index in [0.717, 1.165) is 25.7 Å². The minimum absolute atomic E-state index is 0.0548. The summed E-state index contributed by atoms with van der Waals surface area (Å²) >= 11 is 0. The molecular weight excluding hydrogens is 206 g/mol. The summed E-state index contributed by atoms with van der Waals surface area (Å²) < 4.78 is 0. The monoisotopic (exact) mass is 227 g/mol. The number of amides is 1.